The summed E-state index contributed by atoms with van der Waals surface area (Å²) in [5.41, 5.74) is 2.62. The number of aliphatic hydroxyl groups excluding tert-OH is 1. The molecule has 1 aromatic carbocycles. The van der Waals surface area contributed by atoms with Gasteiger partial charge in [-0.05, 0) is 38.1 Å². The maximum Gasteiger partial charge on any atom is 0.195 e. The van der Waals surface area contributed by atoms with Crippen LogP contribution in [0.5, 0.6) is 5.75 Å². The molecule has 0 radical (unpaired) electrons. The van der Waals surface area contributed by atoms with E-state index in [2.05, 4.69) is 10.4 Å². The molecule has 0 aliphatic rings. The number of rotatable bonds is 4. The van der Waals surface area contributed by atoms with Gasteiger partial charge in [-0.2, -0.15) is 5.26 Å². The molecule has 5 nitrogen and oxygen atoms in total. The summed E-state index contributed by atoms with van der Waals surface area (Å²) in [6.45, 7) is 3.67. The summed E-state index contributed by atoms with van der Waals surface area (Å²) in [5.74, 6) is 0.775. The number of benzene rings is 1. The maximum absolute atomic E-state index is 9.87. The van der Waals surface area contributed by atoms with Crippen molar-refractivity contribution in [2.45, 2.75) is 25.0 Å². The van der Waals surface area contributed by atoms with Gasteiger partial charge in [-0.3, -0.25) is 4.40 Å². The van der Waals surface area contributed by atoms with Crippen molar-refractivity contribution in [1.29, 1.82) is 5.26 Å². The molecule has 0 amide bonds. The van der Waals surface area contributed by atoms with E-state index < -0.39 is 6.10 Å². The van der Waals surface area contributed by atoms with Crippen LogP contribution >= 0.6 is 23.1 Å². The van der Waals surface area contributed by atoms with Crippen LogP contribution in [-0.4, -0.2) is 21.6 Å². The van der Waals surface area contributed by atoms with Crippen molar-refractivity contribution < 1.29 is 9.84 Å². The van der Waals surface area contributed by atoms with Crippen molar-refractivity contribution in [1.82, 2.24) is 9.38 Å². The van der Waals surface area contributed by atoms with E-state index >= 15 is 0 Å². The second kappa shape index (κ2) is 6.24. The molecule has 3 aromatic rings. The number of aryl methyl sites for hydroxylation is 1. The number of thiocyanates is 1. The zero-order valence-electron chi connectivity index (χ0n) is 12.9. The molecule has 0 aliphatic carbocycles. The highest BCUT2D eigenvalue weighted by Crippen LogP contribution is 2.38. The van der Waals surface area contributed by atoms with Crippen LogP contribution < -0.4 is 4.74 Å². The van der Waals surface area contributed by atoms with Gasteiger partial charge in [-0.1, -0.05) is 11.3 Å². The Morgan fingerprint density at radius 3 is 2.65 bits per heavy atom. The number of hydrogen-bond donors (Lipinski definition) is 1. The minimum atomic E-state index is -0.550. The van der Waals surface area contributed by atoms with E-state index in [0.29, 0.717) is 0 Å². The van der Waals surface area contributed by atoms with Gasteiger partial charge in [0.15, 0.2) is 4.96 Å². The lowest BCUT2D eigenvalue weighted by Gasteiger charge is -2.05. The molecule has 2 aromatic heterocycles. The lowest BCUT2D eigenvalue weighted by Crippen LogP contribution is -1.94. The Labute approximate surface area is 142 Å². The summed E-state index contributed by atoms with van der Waals surface area (Å²) >= 11 is 2.53. The molecule has 0 saturated carbocycles. The number of imidazole rings is 1. The highest BCUT2D eigenvalue weighted by molar-refractivity contribution is 8.03. The Balaban J connectivity index is 2.20. The SMILES string of the molecule is COc1ccc(-c2nc3sc(C(C)O)c(C)n3c2SC#N)cc1. The largest absolute Gasteiger partial charge is 0.497 e. The number of nitrogens with zero attached hydrogens (tertiary/aromatic N) is 3. The molecule has 0 saturated heterocycles. The molecular formula is C16H15N3O2S2. The summed E-state index contributed by atoms with van der Waals surface area (Å²) in [5, 5.41) is 21.9. The van der Waals surface area contributed by atoms with Crippen LogP contribution in [0, 0.1) is 17.6 Å². The average Bonchev–Trinajstić information content (AvgIpc) is 3.06. The highest BCUT2D eigenvalue weighted by atomic mass is 32.2. The van der Waals surface area contributed by atoms with Gasteiger partial charge in [-0.15, -0.1) is 0 Å². The van der Waals surface area contributed by atoms with Crippen molar-refractivity contribution in [3.63, 3.8) is 0 Å². The van der Waals surface area contributed by atoms with Crippen LogP contribution in [0.2, 0.25) is 0 Å². The Bertz CT molecular complexity index is 889. The summed E-state index contributed by atoms with van der Waals surface area (Å²) in [7, 11) is 1.62. The van der Waals surface area contributed by atoms with E-state index in [1.165, 1.54) is 11.3 Å². The molecule has 0 spiro atoms. The molecule has 0 bridgehead atoms. The predicted molar refractivity (Wildman–Crippen MR) is 91.9 cm³/mol. The Morgan fingerprint density at radius 2 is 2.09 bits per heavy atom. The minimum absolute atomic E-state index is 0.550. The molecule has 2 heterocycles. The zero-order valence-corrected chi connectivity index (χ0v) is 14.5. The molecule has 1 unspecified atom stereocenters. The lowest BCUT2D eigenvalue weighted by molar-refractivity contribution is 0.202. The van der Waals surface area contributed by atoms with E-state index in [4.69, 9.17) is 10.00 Å². The van der Waals surface area contributed by atoms with Crippen LogP contribution in [0.15, 0.2) is 29.3 Å². The van der Waals surface area contributed by atoms with Crippen LogP contribution in [0.4, 0.5) is 0 Å². The molecule has 0 aliphatic heterocycles. The fraction of sp³-hybridized carbons (Fsp3) is 0.250. The normalized spacial score (nSPS) is 12.3. The van der Waals surface area contributed by atoms with Gasteiger partial charge in [0.05, 0.1) is 18.1 Å². The molecule has 1 atom stereocenters. The quantitative estimate of drug-likeness (QED) is 0.571. The second-order valence-electron chi connectivity index (χ2n) is 5.03. The smallest absolute Gasteiger partial charge is 0.195 e. The minimum Gasteiger partial charge on any atom is -0.497 e. The van der Waals surface area contributed by atoms with Crippen molar-refractivity contribution in [2.75, 3.05) is 7.11 Å². The lowest BCUT2D eigenvalue weighted by atomic mass is 10.1. The summed E-state index contributed by atoms with van der Waals surface area (Å²) < 4.78 is 7.12. The van der Waals surface area contributed by atoms with Crippen LogP contribution in [0.25, 0.3) is 16.2 Å². The molecule has 1 N–H and O–H groups in total. The third-order valence-electron chi connectivity index (χ3n) is 3.58. The molecule has 0 fully saturated rings. The highest BCUT2D eigenvalue weighted by Gasteiger charge is 2.21. The number of aliphatic hydroxyl groups is 1. The molecule has 23 heavy (non-hydrogen) atoms. The fourth-order valence-corrected chi connectivity index (χ4v) is 4.28. The van der Waals surface area contributed by atoms with E-state index in [0.717, 1.165) is 49.3 Å². The average molecular weight is 345 g/mol. The Kier molecular flexibility index (Phi) is 4.31. The van der Waals surface area contributed by atoms with Crippen LogP contribution in [-0.2, 0) is 0 Å². The van der Waals surface area contributed by atoms with E-state index in [-0.39, 0.29) is 0 Å². The van der Waals surface area contributed by atoms with Crippen molar-refractivity contribution in [2.24, 2.45) is 0 Å². The first-order chi connectivity index (χ1) is 11.1. The first-order valence-corrected chi connectivity index (χ1v) is 8.60. The van der Waals surface area contributed by atoms with Crippen molar-refractivity contribution >= 4 is 28.1 Å². The number of methoxy groups -OCH3 is 1. The Morgan fingerprint density at radius 1 is 1.39 bits per heavy atom. The van der Waals surface area contributed by atoms with Gasteiger partial charge in [0.25, 0.3) is 0 Å². The van der Waals surface area contributed by atoms with Gasteiger partial charge >= 0.3 is 0 Å². The summed E-state index contributed by atoms with van der Waals surface area (Å²) in [4.78, 5) is 6.33. The number of fused-ring (bicyclic) bond motifs is 1. The molecular weight excluding hydrogens is 330 g/mol. The first kappa shape index (κ1) is 15.9. The van der Waals surface area contributed by atoms with Gasteiger partial charge in [-0.25, -0.2) is 4.98 Å². The van der Waals surface area contributed by atoms with E-state index in [9.17, 15) is 5.11 Å². The first-order valence-electron chi connectivity index (χ1n) is 6.97. The zero-order chi connectivity index (χ0) is 16.6. The van der Waals surface area contributed by atoms with Gasteiger partial charge in [0.2, 0.25) is 0 Å². The van der Waals surface area contributed by atoms with E-state index in [1.54, 1.807) is 14.0 Å². The fourth-order valence-electron chi connectivity index (χ4n) is 2.49. The van der Waals surface area contributed by atoms with Gasteiger partial charge < -0.3 is 9.84 Å². The third kappa shape index (κ3) is 2.70. The predicted octanol–water partition coefficient (Wildman–Crippen LogP) is 4.01. The number of thioether (sulfide) groups is 1. The van der Waals surface area contributed by atoms with Crippen LogP contribution in [0.1, 0.15) is 23.6 Å². The number of aromatic nitrogens is 2. The van der Waals surface area contributed by atoms with Crippen molar-refractivity contribution in [3.05, 3.63) is 34.8 Å². The number of ether oxygens (including phenoxy) is 1. The third-order valence-corrected chi connectivity index (χ3v) is 5.56. The summed E-state index contributed by atoms with van der Waals surface area (Å²) in [6, 6.07) is 7.60. The molecule has 3 rings (SSSR count). The molecule has 118 valence electrons. The standard InChI is InChI=1S/C16H15N3O2S2/c1-9-14(10(2)20)23-16-18-13(15(19(9)16)22-8-17)11-4-6-12(21-3)7-5-11/h4-7,10,20H,1-3H3. The number of nitriles is 1. The second-order valence-corrected chi connectivity index (χ2v) is 6.82. The molecule has 7 heteroatoms. The van der Waals surface area contributed by atoms with Crippen molar-refractivity contribution in [3.8, 4) is 22.4 Å². The van der Waals surface area contributed by atoms with E-state index in [1.807, 2.05) is 35.6 Å². The maximum atomic E-state index is 9.87. The van der Waals surface area contributed by atoms with Gasteiger partial charge in [0, 0.05) is 23.0 Å². The summed E-state index contributed by atoms with van der Waals surface area (Å²) in [6.07, 6.45) is -0.550. The number of thiazole rings is 1. The topological polar surface area (TPSA) is 70.6 Å². The van der Waals surface area contributed by atoms with Crippen LogP contribution in [0.3, 0.4) is 0 Å². The number of hydrogen-bond acceptors (Lipinski definition) is 6. The Hall–Kier alpha value is -2.01. The monoisotopic (exact) mass is 345 g/mol. The van der Waals surface area contributed by atoms with Gasteiger partial charge in [0.1, 0.15) is 21.9 Å².